The summed E-state index contributed by atoms with van der Waals surface area (Å²) in [5, 5.41) is 10.3. The molecule has 1 fully saturated rings. The summed E-state index contributed by atoms with van der Waals surface area (Å²) < 4.78 is 28.2. The van der Waals surface area contributed by atoms with Crippen molar-refractivity contribution < 1.29 is 18.3 Å². The predicted molar refractivity (Wildman–Crippen MR) is 117 cm³/mol. The fourth-order valence-corrected chi connectivity index (χ4v) is 5.31. The fourth-order valence-electron chi connectivity index (χ4n) is 3.70. The summed E-state index contributed by atoms with van der Waals surface area (Å²) >= 11 is 0. The Morgan fingerprint density at radius 3 is 2.20 bits per heavy atom. The number of aromatic hydroxyl groups is 1. The molecule has 8 heteroatoms. The molecule has 1 heterocycles. The number of carbonyl (C=O) groups is 1. The molecule has 0 saturated carbocycles. The van der Waals surface area contributed by atoms with Gasteiger partial charge in [0.1, 0.15) is 5.75 Å². The van der Waals surface area contributed by atoms with Gasteiger partial charge in [-0.2, -0.15) is 17.0 Å². The summed E-state index contributed by atoms with van der Waals surface area (Å²) in [4.78, 5) is 14.6. The van der Waals surface area contributed by atoms with Crippen LogP contribution in [0.4, 0.5) is 0 Å². The minimum atomic E-state index is -3.51. The molecule has 7 nitrogen and oxygen atoms in total. The third-order valence-electron chi connectivity index (χ3n) is 5.43. The molecule has 1 aliphatic heterocycles. The average molecular weight is 432 g/mol. The van der Waals surface area contributed by atoms with Gasteiger partial charge in [0, 0.05) is 39.3 Å². The van der Waals surface area contributed by atoms with Crippen LogP contribution in [-0.2, 0) is 16.6 Å². The lowest BCUT2D eigenvalue weighted by Crippen LogP contribution is -2.54. The van der Waals surface area contributed by atoms with Crippen molar-refractivity contribution in [2.24, 2.45) is 0 Å². The third-order valence-corrected chi connectivity index (χ3v) is 7.61. The second-order valence-corrected chi connectivity index (χ2v) is 9.23. The van der Waals surface area contributed by atoms with Crippen molar-refractivity contribution in [2.75, 3.05) is 39.3 Å². The van der Waals surface area contributed by atoms with E-state index in [1.54, 1.807) is 17.0 Å². The number of carbonyl (C=O) groups excluding carboxylic acids is 1. The number of phenols is 1. The van der Waals surface area contributed by atoms with Gasteiger partial charge < -0.3 is 10.0 Å². The van der Waals surface area contributed by atoms with Gasteiger partial charge in [-0.1, -0.05) is 50.2 Å². The highest BCUT2D eigenvalue weighted by molar-refractivity contribution is 7.86. The number of amides is 1. The second kappa shape index (κ2) is 9.59. The van der Waals surface area contributed by atoms with Crippen molar-refractivity contribution in [1.29, 1.82) is 0 Å². The molecule has 2 aromatic rings. The van der Waals surface area contributed by atoms with E-state index in [-0.39, 0.29) is 30.3 Å². The van der Waals surface area contributed by atoms with Crippen molar-refractivity contribution in [3.8, 4) is 5.75 Å². The Balaban J connectivity index is 1.70. The van der Waals surface area contributed by atoms with Crippen LogP contribution in [0.1, 0.15) is 35.3 Å². The zero-order valence-electron chi connectivity index (χ0n) is 17.5. The fraction of sp³-hybridized carbons (Fsp3) is 0.409. The number of hydrogen-bond donors (Lipinski definition) is 1. The maximum absolute atomic E-state index is 13.0. The maximum atomic E-state index is 13.0. The van der Waals surface area contributed by atoms with E-state index < -0.39 is 10.2 Å². The molecule has 0 atom stereocenters. The first kappa shape index (κ1) is 22.3. The van der Waals surface area contributed by atoms with Gasteiger partial charge >= 0.3 is 0 Å². The number of rotatable bonds is 7. The van der Waals surface area contributed by atoms with E-state index in [1.807, 2.05) is 50.2 Å². The van der Waals surface area contributed by atoms with Crippen LogP contribution < -0.4 is 0 Å². The molecule has 3 rings (SSSR count). The summed E-state index contributed by atoms with van der Waals surface area (Å²) in [6.07, 6.45) is 0.664. The minimum Gasteiger partial charge on any atom is -0.507 e. The summed E-state index contributed by atoms with van der Waals surface area (Å²) in [6.45, 7) is 5.53. The van der Waals surface area contributed by atoms with Crippen LogP contribution >= 0.6 is 0 Å². The molecule has 2 aromatic carbocycles. The zero-order chi connectivity index (χ0) is 21.7. The van der Waals surface area contributed by atoms with Crippen LogP contribution in [0.15, 0.2) is 48.5 Å². The van der Waals surface area contributed by atoms with E-state index in [1.165, 1.54) is 8.61 Å². The summed E-state index contributed by atoms with van der Waals surface area (Å²) in [6, 6.07) is 15.0. The molecule has 0 bridgehead atoms. The van der Waals surface area contributed by atoms with Gasteiger partial charge in [0.25, 0.3) is 16.1 Å². The molecule has 0 aromatic heterocycles. The van der Waals surface area contributed by atoms with E-state index >= 15 is 0 Å². The topological polar surface area (TPSA) is 81.2 Å². The van der Waals surface area contributed by atoms with E-state index in [9.17, 15) is 18.3 Å². The Bertz CT molecular complexity index is 967. The van der Waals surface area contributed by atoms with Crippen molar-refractivity contribution in [3.05, 3.63) is 65.2 Å². The molecule has 0 spiro atoms. The van der Waals surface area contributed by atoms with E-state index in [2.05, 4.69) is 0 Å². The number of nitrogens with zero attached hydrogens (tertiary/aromatic N) is 3. The van der Waals surface area contributed by atoms with Gasteiger partial charge in [-0.05, 0) is 29.7 Å². The Kier molecular flexibility index (Phi) is 7.12. The normalized spacial score (nSPS) is 15.5. The van der Waals surface area contributed by atoms with Gasteiger partial charge in [-0.25, -0.2) is 0 Å². The predicted octanol–water partition coefficient (Wildman–Crippen LogP) is 2.33. The third kappa shape index (κ3) is 4.83. The highest BCUT2D eigenvalue weighted by Gasteiger charge is 2.32. The van der Waals surface area contributed by atoms with Crippen molar-refractivity contribution in [3.63, 3.8) is 0 Å². The van der Waals surface area contributed by atoms with Crippen molar-refractivity contribution in [1.82, 2.24) is 13.5 Å². The Morgan fingerprint density at radius 2 is 1.60 bits per heavy atom. The molecule has 30 heavy (non-hydrogen) atoms. The van der Waals surface area contributed by atoms with Crippen LogP contribution in [0.3, 0.4) is 0 Å². The first-order valence-corrected chi connectivity index (χ1v) is 11.7. The zero-order valence-corrected chi connectivity index (χ0v) is 18.3. The van der Waals surface area contributed by atoms with Gasteiger partial charge in [0.05, 0.1) is 5.56 Å². The van der Waals surface area contributed by atoms with Gasteiger partial charge in [0.2, 0.25) is 0 Å². The summed E-state index contributed by atoms with van der Waals surface area (Å²) in [7, 11) is -3.51. The van der Waals surface area contributed by atoms with Crippen LogP contribution in [0.5, 0.6) is 5.75 Å². The van der Waals surface area contributed by atoms with Crippen LogP contribution in [0.2, 0.25) is 0 Å². The molecule has 1 amide bonds. The second-order valence-electron chi connectivity index (χ2n) is 7.30. The molecular formula is C22H29N3O4S. The summed E-state index contributed by atoms with van der Waals surface area (Å²) in [5.41, 5.74) is 2.31. The van der Waals surface area contributed by atoms with E-state index in [0.29, 0.717) is 32.6 Å². The summed E-state index contributed by atoms with van der Waals surface area (Å²) in [5.74, 6) is -0.336. The lowest BCUT2D eigenvalue weighted by atomic mass is 10.0. The Hall–Kier alpha value is -2.42. The highest BCUT2D eigenvalue weighted by Crippen LogP contribution is 2.23. The van der Waals surface area contributed by atoms with Gasteiger partial charge in [-0.3, -0.25) is 4.79 Å². The molecule has 1 N–H and O–H groups in total. The van der Waals surface area contributed by atoms with Crippen LogP contribution in [-0.4, -0.2) is 72.2 Å². The van der Waals surface area contributed by atoms with E-state index in [0.717, 1.165) is 11.1 Å². The molecule has 0 aliphatic carbocycles. The molecule has 1 saturated heterocycles. The lowest BCUT2D eigenvalue weighted by molar-refractivity contribution is 0.0691. The van der Waals surface area contributed by atoms with Gasteiger partial charge in [0.15, 0.2) is 0 Å². The molecule has 162 valence electrons. The average Bonchev–Trinajstić information content (AvgIpc) is 2.76. The SMILES string of the molecule is CCN(CC)S(=O)(=O)N1CCN(C(=O)c2cc(Cc3ccccc3)ccc2O)CC1. The highest BCUT2D eigenvalue weighted by atomic mass is 32.2. The molecule has 0 radical (unpaired) electrons. The van der Waals surface area contributed by atoms with Crippen molar-refractivity contribution in [2.45, 2.75) is 20.3 Å². The maximum Gasteiger partial charge on any atom is 0.282 e. The quantitative estimate of drug-likeness (QED) is 0.730. The Labute approximate surface area is 178 Å². The number of piperazine rings is 1. The van der Waals surface area contributed by atoms with Crippen molar-refractivity contribution >= 4 is 16.1 Å². The smallest absolute Gasteiger partial charge is 0.282 e. The molecule has 0 unspecified atom stereocenters. The number of hydrogen-bond acceptors (Lipinski definition) is 4. The number of phenolic OH excluding ortho intramolecular Hbond substituents is 1. The molecule has 1 aliphatic rings. The number of benzene rings is 2. The van der Waals surface area contributed by atoms with Crippen LogP contribution in [0, 0.1) is 0 Å². The largest absolute Gasteiger partial charge is 0.507 e. The monoisotopic (exact) mass is 431 g/mol. The Morgan fingerprint density at radius 1 is 0.967 bits per heavy atom. The first-order chi connectivity index (χ1) is 14.4. The molecular weight excluding hydrogens is 402 g/mol. The lowest BCUT2D eigenvalue weighted by Gasteiger charge is -2.36. The van der Waals surface area contributed by atoms with E-state index in [4.69, 9.17) is 0 Å². The van der Waals surface area contributed by atoms with Crippen LogP contribution in [0.25, 0.3) is 0 Å². The first-order valence-electron chi connectivity index (χ1n) is 10.3. The van der Waals surface area contributed by atoms with Gasteiger partial charge in [-0.15, -0.1) is 0 Å². The standard InChI is InChI=1S/C22H29N3O4S/c1-3-24(4-2)30(28,29)25-14-12-23(13-15-25)22(27)20-17-19(10-11-21(20)26)16-18-8-6-5-7-9-18/h5-11,17,26H,3-4,12-16H2,1-2H3. The minimum absolute atomic E-state index is 0.0602.